The number of fused-ring (bicyclic) bond motifs is 1. The molecule has 20 heavy (non-hydrogen) atoms. The van der Waals surface area contributed by atoms with Gasteiger partial charge < -0.3 is 9.72 Å². The van der Waals surface area contributed by atoms with Gasteiger partial charge in [0.05, 0.1) is 23.8 Å². The fourth-order valence-electron chi connectivity index (χ4n) is 2.33. The monoisotopic (exact) mass is 348 g/mol. The van der Waals surface area contributed by atoms with Gasteiger partial charge in [-0.25, -0.2) is 0 Å². The minimum absolute atomic E-state index is 0.679. The first kappa shape index (κ1) is 13.4. The summed E-state index contributed by atoms with van der Waals surface area (Å²) in [5, 5.41) is 0. The largest absolute Gasteiger partial charge is 0.497 e. The Bertz CT molecular complexity index is 851. The Morgan fingerprint density at radius 3 is 2.70 bits per heavy atom. The molecule has 0 unspecified atom stereocenters. The second-order valence-electron chi connectivity index (χ2n) is 4.58. The van der Waals surface area contributed by atoms with Gasteiger partial charge in [-0.05, 0) is 55.0 Å². The van der Waals surface area contributed by atoms with Crippen LogP contribution in [0.25, 0.3) is 16.7 Å². The summed E-state index contributed by atoms with van der Waals surface area (Å²) in [6, 6.07) is 12.1. The lowest BCUT2D eigenvalue weighted by molar-refractivity contribution is 0.415. The highest BCUT2D eigenvalue weighted by molar-refractivity contribution is 9.10. The molecule has 102 valence electrons. The van der Waals surface area contributed by atoms with E-state index in [1.807, 2.05) is 28.8 Å². The number of hydrogen-bond acceptors (Lipinski definition) is 2. The first-order valence-electron chi connectivity index (χ1n) is 6.15. The van der Waals surface area contributed by atoms with Gasteiger partial charge in [0.25, 0.3) is 0 Å². The van der Waals surface area contributed by atoms with Crippen molar-refractivity contribution in [2.75, 3.05) is 7.11 Å². The molecule has 0 radical (unpaired) electrons. The molecule has 0 fully saturated rings. The molecule has 3 aromatic rings. The highest BCUT2D eigenvalue weighted by Crippen LogP contribution is 2.26. The van der Waals surface area contributed by atoms with Crippen molar-refractivity contribution in [2.45, 2.75) is 6.92 Å². The predicted octanol–water partition coefficient (Wildman–Crippen LogP) is 4.77. The highest BCUT2D eigenvalue weighted by Gasteiger charge is 2.09. The van der Waals surface area contributed by atoms with E-state index >= 15 is 0 Å². The molecule has 0 bridgehead atoms. The van der Waals surface area contributed by atoms with Crippen LogP contribution in [0.15, 0.2) is 40.9 Å². The number of H-pyrrole nitrogens is 1. The Balaban J connectivity index is 2.31. The van der Waals surface area contributed by atoms with E-state index in [0.717, 1.165) is 32.5 Å². The van der Waals surface area contributed by atoms with Gasteiger partial charge in [0.1, 0.15) is 5.75 Å². The molecule has 1 heterocycles. The third-order valence-corrected chi connectivity index (χ3v) is 4.07. The number of ether oxygens (including phenoxy) is 1. The van der Waals surface area contributed by atoms with Crippen molar-refractivity contribution in [3.63, 3.8) is 0 Å². The maximum absolute atomic E-state index is 5.46. The fourth-order valence-corrected chi connectivity index (χ4v) is 3.11. The Labute approximate surface area is 130 Å². The summed E-state index contributed by atoms with van der Waals surface area (Å²) < 4.78 is 9.04. The molecule has 0 atom stereocenters. The van der Waals surface area contributed by atoms with Crippen molar-refractivity contribution in [1.29, 1.82) is 0 Å². The van der Waals surface area contributed by atoms with Crippen LogP contribution in [-0.2, 0) is 0 Å². The molecule has 0 aliphatic rings. The number of aromatic nitrogens is 2. The highest BCUT2D eigenvalue weighted by atomic mass is 79.9. The standard InChI is InChI=1S/C15H13BrN2OS/c1-9-7-10(16)3-5-13(9)18-14-6-4-11(19-2)8-12(14)17-15(18)20/h3-8H,1-2H3,(H,17,20). The maximum atomic E-state index is 5.46. The minimum atomic E-state index is 0.679. The summed E-state index contributed by atoms with van der Waals surface area (Å²) >= 11 is 8.95. The average Bonchev–Trinajstić information content (AvgIpc) is 2.74. The van der Waals surface area contributed by atoms with Crippen molar-refractivity contribution in [2.24, 2.45) is 0 Å². The molecule has 0 aliphatic heterocycles. The van der Waals surface area contributed by atoms with Gasteiger partial charge in [0.2, 0.25) is 0 Å². The quantitative estimate of drug-likeness (QED) is 0.676. The van der Waals surface area contributed by atoms with Gasteiger partial charge >= 0.3 is 0 Å². The summed E-state index contributed by atoms with van der Waals surface area (Å²) in [7, 11) is 1.66. The van der Waals surface area contributed by atoms with E-state index in [0.29, 0.717) is 4.77 Å². The Morgan fingerprint density at radius 1 is 1.20 bits per heavy atom. The fraction of sp³-hybridized carbons (Fsp3) is 0.133. The second kappa shape index (κ2) is 5.07. The Hall–Kier alpha value is -1.59. The first-order valence-corrected chi connectivity index (χ1v) is 7.35. The summed E-state index contributed by atoms with van der Waals surface area (Å²) in [6.45, 7) is 2.07. The Kier molecular flexibility index (Phi) is 3.40. The summed E-state index contributed by atoms with van der Waals surface area (Å²) in [5.41, 5.74) is 4.25. The number of methoxy groups -OCH3 is 1. The number of aryl methyl sites for hydroxylation is 1. The van der Waals surface area contributed by atoms with Crippen molar-refractivity contribution in [3.05, 3.63) is 51.2 Å². The van der Waals surface area contributed by atoms with Crippen molar-refractivity contribution >= 4 is 39.2 Å². The third kappa shape index (κ3) is 2.17. The molecule has 1 aromatic heterocycles. The van der Waals surface area contributed by atoms with Gasteiger partial charge in [-0.2, -0.15) is 0 Å². The number of hydrogen-bond donors (Lipinski definition) is 1. The number of nitrogens with one attached hydrogen (secondary N) is 1. The van der Waals surface area contributed by atoms with E-state index in [4.69, 9.17) is 17.0 Å². The number of nitrogens with zero attached hydrogens (tertiary/aromatic N) is 1. The number of aromatic amines is 1. The van der Waals surface area contributed by atoms with Gasteiger partial charge in [-0.15, -0.1) is 0 Å². The molecule has 1 N–H and O–H groups in total. The van der Waals surface area contributed by atoms with E-state index in [2.05, 4.69) is 40.0 Å². The lowest BCUT2D eigenvalue weighted by atomic mass is 10.2. The molecule has 0 saturated heterocycles. The zero-order valence-electron chi connectivity index (χ0n) is 11.1. The van der Waals surface area contributed by atoms with Crippen LogP contribution < -0.4 is 4.74 Å². The molecule has 0 aliphatic carbocycles. The van der Waals surface area contributed by atoms with Gasteiger partial charge in [0.15, 0.2) is 4.77 Å². The molecule has 0 amide bonds. The van der Waals surface area contributed by atoms with E-state index < -0.39 is 0 Å². The molecule has 2 aromatic carbocycles. The molecular weight excluding hydrogens is 336 g/mol. The normalized spacial score (nSPS) is 10.9. The van der Waals surface area contributed by atoms with Crippen LogP contribution in [0.1, 0.15) is 5.56 Å². The van der Waals surface area contributed by atoms with Crippen LogP contribution in [0.2, 0.25) is 0 Å². The van der Waals surface area contributed by atoms with Gasteiger partial charge in [0, 0.05) is 10.5 Å². The minimum Gasteiger partial charge on any atom is -0.497 e. The lowest BCUT2D eigenvalue weighted by Crippen LogP contribution is -1.97. The number of rotatable bonds is 2. The molecule has 5 heteroatoms. The van der Waals surface area contributed by atoms with Crippen molar-refractivity contribution in [3.8, 4) is 11.4 Å². The van der Waals surface area contributed by atoms with Crippen molar-refractivity contribution < 1.29 is 4.74 Å². The summed E-state index contributed by atoms with van der Waals surface area (Å²) in [6.07, 6.45) is 0. The van der Waals surface area contributed by atoms with E-state index in [9.17, 15) is 0 Å². The van der Waals surface area contributed by atoms with E-state index in [1.54, 1.807) is 7.11 Å². The molecular formula is C15H13BrN2OS. The van der Waals surface area contributed by atoms with Crippen LogP contribution in [0.5, 0.6) is 5.75 Å². The van der Waals surface area contributed by atoms with Gasteiger partial charge in [-0.3, -0.25) is 4.57 Å². The van der Waals surface area contributed by atoms with E-state index in [-0.39, 0.29) is 0 Å². The molecule has 3 rings (SSSR count). The molecule has 0 spiro atoms. The molecule has 3 nitrogen and oxygen atoms in total. The Morgan fingerprint density at radius 2 is 2.00 bits per heavy atom. The zero-order valence-corrected chi connectivity index (χ0v) is 13.5. The SMILES string of the molecule is COc1ccc2c(c1)[nH]c(=S)n2-c1ccc(Br)cc1C. The number of halogens is 1. The summed E-state index contributed by atoms with van der Waals surface area (Å²) in [4.78, 5) is 3.23. The number of imidazole rings is 1. The van der Waals surface area contributed by atoms with Crippen LogP contribution in [-0.4, -0.2) is 16.7 Å². The van der Waals surface area contributed by atoms with Crippen molar-refractivity contribution in [1.82, 2.24) is 9.55 Å². The van der Waals surface area contributed by atoms with E-state index in [1.165, 1.54) is 0 Å². The average molecular weight is 349 g/mol. The third-order valence-electron chi connectivity index (χ3n) is 3.29. The summed E-state index contributed by atoms with van der Waals surface area (Å²) in [5.74, 6) is 0.813. The topological polar surface area (TPSA) is 29.9 Å². The zero-order chi connectivity index (χ0) is 14.3. The predicted molar refractivity (Wildman–Crippen MR) is 87.4 cm³/mol. The smallest absolute Gasteiger partial charge is 0.182 e. The molecule has 0 saturated carbocycles. The second-order valence-corrected chi connectivity index (χ2v) is 5.88. The maximum Gasteiger partial charge on any atom is 0.182 e. The van der Waals surface area contributed by atoms with Crippen LogP contribution >= 0.6 is 28.1 Å². The van der Waals surface area contributed by atoms with Crippen LogP contribution in [0, 0.1) is 11.7 Å². The first-order chi connectivity index (χ1) is 9.60. The van der Waals surface area contributed by atoms with Crippen LogP contribution in [0.4, 0.5) is 0 Å². The lowest BCUT2D eigenvalue weighted by Gasteiger charge is -2.09. The van der Waals surface area contributed by atoms with Crippen LogP contribution in [0.3, 0.4) is 0 Å². The van der Waals surface area contributed by atoms with Gasteiger partial charge in [-0.1, -0.05) is 15.9 Å². The number of benzene rings is 2.